The second kappa shape index (κ2) is 10.9. The molecule has 0 spiro atoms. The normalized spacial score (nSPS) is 15.2. The minimum atomic E-state index is -0.146. The zero-order chi connectivity index (χ0) is 23.0. The number of ether oxygens (including phenoxy) is 2. The molecule has 1 amide bonds. The van der Waals surface area contributed by atoms with Gasteiger partial charge in [-0.25, -0.2) is 0 Å². The van der Waals surface area contributed by atoms with Gasteiger partial charge in [0.05, 0.1) is 31.6 Å². The van der Waals surface area contributed by atoms with Crippen LogP contribution in [0, 0.1) is 0 Å². The average Bonchev–Trinajstić information content (AvgIpc) is 3.40. The maximum absolute atomic E-state index is 12.9. The summed E-state index contributed by atoms with van der Waals surface area (Å²) in [6.07, 6.45) is 1.68. The van der Waals surface area contributed by atoms with Gasteiger partial charge in [0.2, 0.25) is 0 Å². The molecule has 33 heavy (non-hydrogen) atoms. The van der Waals surface area contributed by atoms with Crippen molar-refractivity contribution in [1.82, 2.24) is 10.2 Å². The van der Waals surface area contributed by atoms with Gasteiger partial charge < -0.3 is 24.1 Å². The lowest BCUT2D eigenvalue weighted by atomic mass is 10.1. The van der Waals surface area contributed by atoms with Crippen molar-refractivity contribution in [2.24, 2.45) is 0 Å². The van der Waals surface area contributed by atoms with Gasteiger partial charge in [-0.15, -0.1) is 0 Å². The van der Waals surface area contributed by atoms with Gasteiger partial charge in [0.25, 0.3) is 5.91 Å². The quantitative estimate of drug-likeness (QED) is 0.533. The molecule has 3 aromatic rings. The Morgan fingerprint density at radius 1 is 1.03 bits per heavy atom. The van der Waals surface area contributed by atoms with Crippen LogP contribution < -0.4 is 19.7 Å². The van der Waals surface area contributed by atoms with Crippen molar-refractivity contribution in [1.29, 1.82) is 0 Å². The van der Waals surface area contributed by atoms with Crippen LogP contribution in [-0.4, -0.2) is 57.2 Å². The molecule has 7 nitrogen and oxygen atoms in total. The molecule has 0 saturated carbocycles. The monoisotopic (exact) mass is 449 g/mol. The van der Waals surface area contributed by atoms with Crippen LogP contribution in [0.2, 0.25) is 0 Å². The molecule has 0 radical (unpaired) electrons. The van der Waals surface area contributed by atoms with Crippen LogP contribution in [0.5, 0.6) is 11.5 Å². The third kappa shape index (κ3) is 5.49. The highest BCUT2D eigenvalue weighted by atomic mass is 16.5. The SMILES string of the molecule is CCOc1ccccc1C(=O)NCC(c1ccco1)N1CCN(c2ccc(OC)cc2)CC1. The smallest absolute Gasteiger partial charge is 0.255 e. The van der Waals surface area contributed by atoms with E-state index in [-0.39, 0.29) is 11.9 Å². The molecule has 1 unspecified atom stereocenters. The lowest BCUT2D eigenvalue weighted by Crippen LogP contribution is -2.49. The van der Waals surface area contributed by atoms with E-state index in [1.807, 2.05) is 49.4 Å². The van der Waals surface area contributed by atoms with E-state index in [2.05, 4.69) is 27.2 Å². The Balaban J connectivity index is 1.41. The molecule has 0 bridgehead atoms. The van der Waals surface area contributed by atoms with Gasteiger partial charge in [0.15, 0.2) is 0 Å². The Morgan fingerprint density at radius 2 is 1.79 bits per heavy atom. The summed E-state index contributed by atoms with van der Waals surface area (Å²) in [6.45, 7) is 6.39. The van der Waals surface area contributed by atoms with Crippen LogP contribution in [-0.2, 0) is 0 Å². The van der Waals surface area contributed by atoms with Gasteiger partial charge in [-0.2, -0.15) is 0 Å². The highest BCUT2D eigenvalue weighted by Crippen LogP contribution is 2.26. The molecule has 1 saturated heterocycles. The summed E-state index contributed by atoms with van der Waals surface area (Å²) >= 11 is 0. The van der Waals surface area contributed by atoms with Crippen molar-refractivity contribution >= 4 is 11.6 Å². The number of nitrogens with one attached hydrogen (secondary N) is 1. The Morgan fingerprint density at radius 3 is 2.45 bits per heavy atom. The van der Waals surface area contributed by atoms with Crippen molar-refractivity contribution in [3.05, 3.63) is 78.3 Å². The number of carbonyl (C=O) groups excluding carboxylic acids is 1. The molecule has 1 aliphatic heterocycles. The molecule has 1 aromatic heterocycles. The van der Waals surface area contributed by atoms with Crippen molar-refractivity contribution in [2.45, 2.75) is 13.0 Å². The second-order valence-corrected chi connectivity index (χ2v) is 7.89. The number of piperazine rings is 1. The van der Waals surface area contributed by atoms with Crippen LogP contribution in [0.4, 0.5) is 5.69 Å². The van der Waals surface area contributed by atoms with Crippen LogP contribution in [0.15, 0.2) is 71.3 Å². The van der Waals surface area contributed by atoms with Crippen LogP contribution >= 0.6 is 0 Å². The number of methoxy groups -OCH3 is 1. The molecule has 0 aliphatic carbocycles. The zero-order valence-electron chi connectivity index (χ0n) is 19.2. The molecule has 2 aromatic carbocycles. The third-order valence-corrected chi connectivity index (χ3v) is 5.95. The molecule has 1 atom stereocenters. The topological polar surface area (TPSA) is 67.2 Å². The number of nitrogens with zero attached hydrogens (tertiary/aromatic N) is 2. The lowest BCUT2D eigenvalue weighted by Gasteiger charge is -2.39. The van der Waals surface area contributed by atoms with Gasteiger partial charge in [-0.1, -0.05) is 12.1 Å². The molecular weight excluding hydrogens is 418 g/mol. The summed E-state index contributed by atoms with van der Waals surface area (Å²) in [5.74, 6) is 2.16. The maximum Gasteiger partial charge on any atom is 0.255 e. The minimum Gasteiger partial charge on any atom is -0.497 e. The van der Waals surface area contributed by atoms with E-state index in [0.29, 0.717) is 24.5 Å². The van der Waals surface area contributed by atoms with Crippen LogP contribution in [0.1, 0.15) is 29.1 Å². The summed E-state index contributed by atoms with van der Waals surface area (Å²) in [7, 11) is 1.68. The number of carbonyl (C=O) groups is 1. The van der Waals surface area contributed by atoms with Gasteiger partial charge >= 0.3 is 0 Å². The summed E-state index contributed by atoms with van der Waals surface area (Å²) in [6, 6.07) is 19.3. The van der Waals surface area contributed by atoms with E-state index in [4.69, 9.17) is 13.9 Å². The number of anilines is 1. The molecule has 174 valence electrons. The minimum absolute atomic E-state index is 0.0405. The number of hydrogen-bond acceptors (Lipinski definition) is 6. The fraction of sp³-hybridized carbons (Fsp3) is 0.346. The van der Waals surface area contributed by atoms with Gasteiger partial charge in [0, 0.05) is 38.4 Å². The van der Waals surface area contributed by atoms with Crippen molar-refractivity contribution in [3.63, 3.8) is 0 Å². The maximum atomic E-state index is 12.9. The molecule has 1 aliphatic rings. The highest BCUT2D eigenvalue weighted by molar-refractivity contribution is 5.96. The standard InChI is InChI=1S/C26H31N3O4/c1-3-32-24-8-5-4-7-22(24)26(30)27-19-23(25-9-6-18-33-25)29-16-14-28(15-17-29)20-10-12-21(31-2)13-11-20/h4-13,18,23H,3,14-17,19H2,1-2H3,(H,27,30). The summed E-state index contributed by atoms with van der Waals surface area (Å²) in [5.41, 5.74) is 1.73. The Labute approximate surface area is 194 Å². The number of para-hydroxylation sites is 1. The van der Waals surface area contributed by atoms with Gasteiger partial charge in [-0.3, -0.25) is 9.69 Å². The van der Waals surface area contributed by atoms with Crippen molar-refractivity contribution in [3.8, 4) is 11.5 Å². The molecule has 2 heterocycles. The largest absolute Gasteiger partial charge is 0.497 e. The Bertz CT molecular complexity index is 1010. The fourth-order valence-corrected chi connectivity index (χ4v) is 4.20. The highest BCUT2D eigenvalue weighted by Gasteiger charge is 2.28. The fourth-order valence-electron chi connectivity index (χ4n) is 4.20. The van der Waals surface area contributed by atoms with Gasteiger partial charge in [-0.05, 0) is 55.5 Å². The van der Waals surface area contributed by atoms with E-state index >= 15 is 0 Å². The number of benzene rings is 2. The number of amides is 1. The van der Waals surface area contributed by atoms with E-state index in [1.54, 1.807) is 19.4 Å². The van der Waals surface area contributed by atoms with Crippen LogP contribution in [0.25, 0.3) is 0 Å². The van der Waals surface area contributed by atoms with Gasteiger partial charge in [0.1, 0.15) is 17.3 Å². The molecular formula is C26H31N3O4. The van der Waals surface area contributed by atoms with Crippen molar-refractivity contribution < 1.29 is 18.7 Å². The van der Waals surface area contributed by atoms with E-state index in [0.717, 1.165) is 37.7 Å². The molecule has 4 rings (SSSR count). The first-order valence-electron chi connectivity index (χ1n) is 11.4. The average molecular weight is 450 g/mol. The van der Waals surface area contributed by atoms with E-state index < -0.39 is 0 Å². The van der Waals surface area contributed by atoms with E-state index in [9.17, 15) is 4.79 Å². The third-order valence-electron chi connectivity index (χ3n) is 5.95. The molecule has 1 fully saturated rings. The predicted molar refractivity (Wildman–Crippen MR) is 128 cm³/mol. The Hall–Kier alpha value is -3.45. The zero-order valence-corrected chi connectivity index (χ0v) is 19.2. The number of hydrogen-bond donors (Lipinski definition) is 1. The lowest BCUT2D eigenvalue weighted by molar-refractivity contribution is 0.0919. The molecule has 1 N–H and O–H groups in total. The number of rotatable bonds is 9. The first kappa shape index (κ1) is 22.7. The second-order valence-electron chi connectivity index (χ2n) is 7.89. The number of furan rings is 1. The predicted octanol–water partition coefficient (Wildman–Crippen LogP) is 3.98. The first-order valence-corrected chi connectivity index (χ1v) is 11.4. The molecule has 7 heteroatoms. The van der Waals surface area contributed by atoms with Crippen molar-refractivity contribution in [2.75, 3.05) is 51.3 Å². The summed E-state index contributed by atoms with van der Waals surface area (Å²) in [4.78, 5) is 17.7. The Kier molecular flexibility index (Phi) is 7.52. The first-order chi connectivity index (χ1) is 16.2. The summed E-state index contributed by atoms with van der Waals surface area (Å²) in [5, 5.41) is 3.09. The summed E-state index contributed by atoms with van der Waals surface area (Å²) < 4.78 is 16.6. The van der Waals surface area contributed by atoms with Crippen LogP contribution in [0.3, 0.4) is 0 Å². The van der Waals surface area contributed by atoms with E-state index in [1.165, 1.54) is 5.69 Å².